The van der Waals surface area contributed by atoms with Crippen LogP contribution in [0.3, 0.4) is 0 Å². The minimum absolute atomic E-state index is 0.0883. The van der Waals surface area contributed by atoms with Gasteiger partial charge in [0.1, 0.15) is 26.4 Å². The Hall–Kier alpha value is -0.273. The van der Waals surface area contributed by atoms with Gasteiger partial charge in [-0.15, -0.1) is 4.72 Å². The van der Waals surface area contributed by atoms with Gasteiger partial charge in [-0.2, -0.15) is 13.2 Å². The average Bonchev–Trinajstić information content (AvgIpc) is 2.51. The third-order valence-electron chi connectivity index (χ3n) is 3.79. The highest BCUT2D eigenvalue weighted by molar-refractivity contribution is 9.10. The van der Waals surface area contributed by atoms with E-state index in [9.17, 15) is 22.1 Å². The van der Waals surface area contributed by atoms with Crippen LogP contribution in [0.2, 0.25) is 19.6 Å². The van der Waals surface area contributed by atoms with Crippen molar-refractivity contribution >= 4 is 35.6 Å². The molecule has 0 aliphatic carbocycles. The molecular formula is C17H26BrF5N2O2SSi. The van der Waals surface area contributed by atoms with Gasteiger partial charge >= 0.3 is 6.18 Å². The highest BCUT2D eigenvalue weighted by Gasteiger charge is 2.58. The van der Waals surface area contributed by atoms with Crippen LogP contribution < -0.4 is 4.72 Å². The first-order chi connectivity index (χ1) is 12.8. The summed E-state index contributed by atoms with van der Waals surface area (Å²) in [5.41, 5.74) is -3.03. The summed E-state index contributed by atoms with van der Waals surface area (Å²) in [7, 11) is -2.86. The van der Waals surface area contributed by atoms with Crippen molar-refractivity contribution < 1.29 is 30.9 Å². The zero-order chi connectivity index (χ0) is 23.0. The Labute approximate surface area is 180 Å². The molecule has 1 N–H and O–H groups in total. The molecule has 4 nitrogen and oxygen atoms in total. The molecule has 4 atom stereocenters. The summed E-state index contributed by atoms with van der Waals surface area (Å²) in [5, 5.41) is 0. The van der Waals surface area contributed by atoms with E-state index in [1.807, 2.05) is 0 Å². The standard InChI is InChI=1S/C17H26BrF5N2O2SSi/c1-15(2,3)28(26)25-16(4,13-10(19)8-9-11(18)24-13)12(20)14(17(21,22)23)27-29(5,6)7/h8-9,12,14,25H,1-7H3/t12-,14+,16-,28?/m0/s1. The lowest BCUT2D eigenvalue weighted by atomic mass is 9.88. The van der Waals surface area contributed by atoms with E-state index in [0.717, 1.165) is 13.0 Å². The second-order valence-electron chi connectivity index (χ2n) is 8.74. The van der Waals surface area contributed by atoms with Crippen molar-refractivity contribution in [3.05, 3.63) is 28.2 Å². The highest BCUT2D eigenvalue weighted by Crippen LogP contribution is 2.40. The van der Waals surface area contributed by atoms with Crippen molar-refractivity contribution in [3.63, 3.8) is 0 Å². The second-order valence-corrected chi connectivity index (χ2v) is 16.0. The molecule has 1 unspecified atom stereocenters. The van der Waals surface area contributed by atoms with E-state index in [1.54, 1.807) is 20.8 Å². The molecule has 168 valence electrons. The third-order valence-corrected chi connectivity index (χ3v) is 6.91. The van der Waals surface area contributed by atoms with Gasteiger partial charge in [0.25, 0.3) is 0 Å². The number of aromatic nitrogens is 1. The Bertz CT molecular complexity index is 715. The van der Waals surface area contributed by atoms with Crippen LogP contribution in [0.4, 0.5) is 22.0 Å². The fraction of sp³-hybridized carbons (Fsp3) is 0.706. The largest absolute Gasteiger partial charge is 0.598 e. The van der Waals surface area contributed by atoms with E-state index in [-0.39, 0.29) is 4.60 Å². The number of hydrogen-bond acceptors (Lipinski definition) is 4. The van der Waals surface area contributed by atoms with E-state index >= 15 is 4.39 Å². The first-order valence-corrected chi connectivity index (χ1v) is 14.0. The number of alkyl halides is 4. The summed E-state index contributed by atoms with van der Waals surface area (Å²) < 4.78 is 90.7. The predicted molar refractivity (Wildman–Crippen MR) is 109 cm³/mol. The molecule has 0 radical (unpaired) electrons. The summed E-state index contributed by atoms with van der Waals surface area (Å²) >= 11 is 0.986. The molecule has 0 bridgehead atoms. The van der Waals surface area contributed by atoms with Crippen LogP contribution in [-0.4, -0.2) is 41.1 Å². The fourth-order valence-electron chi connectivity index (χ4n) is 2.34. The third kappa shape index (κ3) is 7.13. The molecule has 0 fully saturated rings. The smallest absolute Gasteiger partial charge is 0.416 e. The normalized spacial score (nSPS) is 18.8. The Morgan fingerprint density at radius 1 is 1.17 bits per heavy atom. The van der Waals surface area contributed by atoms with Crippen molar-refractivity contribution in [2.75, 3.05) is 0 Å². The van der Waals surface area contributed by atoms with Crippen molar-refractivity contribution in [1.29, 1.82) is 0 Å². The van der Waals surface area contributed by atoms with Crippen LogP contribution >= 0.6 is 15.9 Å². The Morgan fingerprint density at radius 3 is 2.10 bits per heavy atom. The highest BCUT2D eigenvalue weighted by atomic mass is 79.9. The van der Waals surface area contributed by atoms with Crippen molar-refractivity contribution in [2.24, 2.45) is 0 Å². The van der Waals surface area contributed by atoms with Crippen LogP contribution in [0.25, 0.3) is 0 Å². The molecule has 0 saturated carbocycles. The van der Waals surface area contributed by atoms with E-state index < -0.39 is 59.9 Å². The molecule has 0 saturated heterocycles. The molecule has 1 rings (SSSR count). The first kappa shape index (κ1) is 26.8. The summed E-state index contributed by atoms with van der Waals surface area (Å²) in [5.74, 6) is -1.04. The monoisotopic (exact) mass is 524 g/mol. The van der Waals surface area contributed by atoms with Gasteiger partial charge in [0.05, 0.1) is 0 Å². The number of nitrogens with one attached hydrogen (secondary N) is 1. The van der Waals surface area contributed by atoms with Gasteiger partial charge in [0.15, 0.2) is 20.6 Å². The Kier molecular flexibility index (Phi) is 8.37. The topological polar surface area (TPSA) is 57.2 Å². The van der Waals surface area contributed by atoms with Crippen LogP contribution in [0.15, 0.2) is 16.7 Å². The number of halogens is 6. The van der Waals surface area contributed by atoms with Gasteiger partial charge in [-0.05, 0) is 75.4 Å². The van der Waals surface area contributed by atoms with Gasteiger partial charge in [-0.3, -0.25) is 0 Å². The molecule has 1 aromatic rings. The molecule has 29 heavy (non-hydrogen) atoms. The van der Waals surface area contributed by atoms with Crippen molar-refractivity contribution in [3.8, 4) is 0 Å². The maximum atomic E-state index is 15.6. The minimum Gasteiger partial charge on any atom is -0.598 e. The Morgan fingerprint density at radius 2 is 1.69 bits per heavy atom. The number of nitrogens with zero attached hydrogens (tertiary/aromatic N) is 1. The first-order valence-electron chi connectivity index (χ1n) is 8.70. The molecule has 0 aliphatic rings. The van der Waals surface area contributed by atoms with E-state index in [4.69, 9.17) is 4.43 Å². The number of rotatable bonds is 7. The molecule has 1 aromatic heterocycles. The maximum absolute atomic E-state index is 15.6. The van der Waals surface area contributed by atoms with Crippen LogP contribution in [-0.2, 0) is 21.3 Å². The quantitative estimate of drug-likeness (QED) is 0.225. The zero-order valence-electron chi connectivity index (χ0n) is 17.2. The molecule has 0 amide bonds. The van der Waals surface area contributed by atoms with Crippen LogP contribution in [0.5, 0.6) is 0 Å². The van der Waals surface area contributed by atoms with E-state index in [2.05, 4.69) is 25.6 Å². The molecular weight excluding hydrogens is 499 g/mol. The summed E-state index contributed by atoms with van der Waals surface area (Å²) in [6, 6.07) is 2.17. The number of pyridine rings is 1. The Balaban J connectivity index is 3.62. The summed E-state index contributed by atoms with van der Waals surface area (Å²) in [6.45, 7) is 10.1. The molecule has 12 heteroatoms. The second kappa shape index (κ2) is 9.07. The van der Waals surface area contributed by atoms with E-state index in [1.165, 1.54) is 25.7 Å². The SMILES string of the molecule is CC(C)(C)[S+]([O-])N[C@](C)(c1nc(Br)ccc1F)[C@@H](F)[C@@H](O[Si](C)(C)C)C(F)(F)F. The van der Waals surface area contributed by atoms with Crippen LogP contribution in [0, 0.1) is 5.82 Å². The van der Waals surface area contributed by atoms with Crippen molar-refractivity contribution in [1.82, 2.24) is 9.71 Å². The number of hydrogen-bond donors (Lipinski definition) is 1. The van der Waals surface area contributed by atoms with Crippen LogP contribution in [0.1, 0.15) is 33.4 Å². The molecule has 1 heterocycles. The van der Waals surface area contributed by atoms with E-state index in [0.29, 0.717) is 0 Å². The fourth-order valence-corrected chi connectivity index (χ4v) is 4.56. The molecule has 0 aromatic carbocycles. The maximum Gasteiger partial charge on any atom is 0.416 e. The summed E-state index contributed by atoms with van der Waals surface area (Å²) in [4.78, 5) is 3.86. The van der Waals surface area contributed by atoms with Gasteiger partial charge in [-0.25, -0.2) is 13.8 Å². The lowest BCUT2D eigenvalue weighted by Gasteiger charge is -2.41. The molecule has 0 aliphatic heterocycles. The predicted octanol–water partition coefficient (Wildman–Crippen LogP) is 5.37. The minimum atomic E-state index is -5.08. The van der Waals surface area contributed by atoms with Gasteiger partial charge in [0, 0.05) is 11.4 Å². The van der Waals surface area contributed by atoms with Gasteiger partial charge in [-0.1, -0.05) is 0 Å². The lowest BCUT2D eigenvalue weighted by molar-refractivity contribution is -0.222. The van der Waals surface area contributed by atoms with Crippen molar-refractivity contribution in [2.45, 2.75) is 76.1 Å². The van der Waals surface area contributed by atoms with Gasteiger partial charge < -0.3 is 8.98 Å². The lowest BCUT2D eigenvalue weighted by Crippen LogP contribution is -2.61. The average molecular weight is 525 g/mol. The van der Waals surface area contributed by atoms with Gasteiger partial charge in [0.2, 0.25) is 0 Å². The summed E-state index contributed by atoms with van der Waals surface area (Å²) in [6.07, 6.45) is -10.8. The molecule has 0 spiro atoms. The zero-order valence-corrected chi connectivity index (χ0v) is 20.7.